The summed E-state index contributed by atoms with van der Waals surface area (Å²) in [4.78, 5) is 2.41. The number of hydrogen-bond acceptors (Lipinski definition) is 3. The molecule has 3 rings (SSSR count). The van der Waals surface area contributed by atoms with Crippen LogP contribution < -0.4 is 5.32 Å². The average molecular weight is 305 g/mol. The van der Waals surface area contributed by atoms with Gasteiger partial charge in [0.1, 0.15) is 0 Å². The summed E-state index contributed by atoms with van der Waals surface area (Å²) in [7, 11) is 2.19. The first kappa shape index (κ1) is 14.4. The van der Waals surface area contributed by atoms with E-state index in [2.05, 4.69) is 29.3 Å². The fraction of sp³-hybridized carbons (Fsp3) is 0.438. The third-order valence-electron chi connectivity index (χ3n) is 4.28. The van der Waals surface area contributed by atoms with Gasteiger partial charge in [-0.15, -0.1) is 0 Å². The van der Waals surface area contributed by atoms with Crippen LogP contribution in [-0.4, -0.2) is 40.4 Å². The summed E-state index contributed by atoms with van der Waals surface area (Å²) in [6.07, 6.45) is 6.02. The number of benzene rings is 1. The molecule has 1 aliphatic heterocycles. The van der Waals surface area contributed by atoms with E-state index in [9.17, 15) is 0 Å². The molecule has 1 aromatic carbocycles. The van der Waals surface area contributed by atoms with Gasteiger partial charge in [0.15, 0.2) is 0 Å². The van der Waals surface area contributed by atoms with E-state index >= 15 is 0 Å². The Morgan fingerprint density at radius 1 is 1.38 bits per heavy atom. The summed E-state index contributed by atoms with van der Waals surface area (Å²) in [5, 5.41) is 8.72. The Bertz CT molecular complexity index is 596. The second kappa shape index (κ2) is 6.08. The van der Waals surface area contributed by atoms with Gasteiger partial charge < -0.3 is 10.2 Å². The van der Waals surface area contributed by atoms with Crippen LogP contribution >= 0.6 is 11.6 Å². The Hall–Kier alpha value is -1.52. The number of halogens is 1. The van der Waals surface area contributed by atoms with Crippen LogP contribution in [0.4, 0.5) is 5.69 Å². The summed E-state index contributed by atoms with van der Waals surface area (Å²) in [5.41, 5.74) is 2.09. The lowest BCUT2D eigenvalue weighted by atomic mass is 9.98. The third-order valence-corrected chi connectivity index (χ3v) is 4.51. The highest BCUT2D eigenvalue weighted by Gasteiger charge is 2.23. The van der Waals surface area contributed by atoms with Crippen LogP contribution in [-0.2, 0) is 0 Å². The minimum atomic E-state index is 0.476. The minimum Gasteiger partial charge on any atom is -0.380 e. The van der Waals surface area contributed by atoms with E-state index in [-0.39, 0.29) is 0 Å². The van der Waals surface area contributed by atoms with Crippen molar-refractivity contribution in [2.45, 2.75) is 31.8 Å². The highest BCUT2D eigenvalue weighted by Crippen LogP contribution is 2.27. The zero-order chi connectivity index (χ0) is 14.8. The van der Waals surface area contributed by atoms with Gasteiger partial charge in [-0.3, -0.25) is 0 Å². The molecule has 1 aliphatic rings. The molecular weight excluding hydrogens is 284 g/mol. The number of piperidine rings is 1. The maximum absolute atomic E-state index is 6.17. The Balaban J connectivity index is 1.83. The number of nitrogens with zero attached hydrogens (tertiary/aromatic N) is 3. The van der Waals surface area contributed by atoms with Gasteiger partial charge >= 0.3 is 0 Å². The molecule has 2 aromatic rings. The van der Waals surface area contributed by atoms with Crippen molar-refractivity contribution in [1.29, 1.82) is 0 Å². The van der Waals surface area contributed by atoms with Crippen molar-refractivity contribution in [2.75, 3.05) is 18.9 Å². The molecule has 0 saturated carbocycles. The topological polar surface area (TPSA) is 33.1 Å². The number of aromatic nitrogens is 2. The molecule has 0 bridgehead atoms. The Kier molecular flexibility index (Phi) is 4.17. The van der Waals surface area contributed by atoms with Gasteiger partial charge in [0.05, 0.1) is 11.4 Å². The first-order chi connectivity index (χ1) is 10.1. The second-order valence-electron chi connectivity index (χ2n) is 5.81. The highest BCUT2D eigenvalue weighted by molar-refractivity contribution is 6.31. The van der Waals surface area contributed by atoms with E-state index in [1.54, 1.807) is 6.20 Å². The number of rotatable bonds is 3. The van der Waals surface area contributed by atoms with Gasteiger partial charge in [0, 0.05) is 36.0 Å². The van der Waals surface area contributed by atoms with Gasteiger partial charge in [0.25, 0.3) is 0 Å². The Labute approximate surface area is 130 Å². The van der Waals surface area contributed by atoms with Gasteiger partial charge in [-0.25, -0.2) is 4.68 Å². The zero-order valence-corrected chi connectivity index (χ0v) is 13.2. The molecule has 2 atom stereocenters. The molecule has 1 fully saturated rings. The largest absolute Gasteiger partial charge is 0.380 e. The molecular formula is C16H21ClN4. The van der Waals surface area contributed by atoms with Crippen LogP contribution in [0.25, 0.3) is 5.69 Å². The van der Waals surface area contributed by atoms with Gasteiger partial charge in [-0.1, -0.05) is 11.6 Å². The lowest BCUT2D eigenvalue weighted by Crippen LogP contribution is -2.42. The van der Waals surface area contributed by atoms with Crippen molar-refractivity contribution in [3.05, 3.63) is 41.7 Å². The van der Waals surface area contributed by atoms with E-state index in [1.165, 1.54) is 0 Å². The van der Waals surface area contributed by atoms with Gasteiger partial charge in [-0.05, 0) is 51.1 Å². The molecule has 1 saturated heterocycles. The quantitative estimate of drug-likeness (QED) is 0.943. The number of anilines is 1. The predicted octanol–water partition coefficient (Wildman–Crippen LogP) is 3.42. The number of nitrogens with one attached hydrogen (secondary N) is 1. The highest BCUT2D eigenvalue weighted by atomic mass is 35.5. The molecule has 112 valence electrons. The van der Waals surface area contributed by atoms with Gasteiger partial charge in [0.2, 0.25) is 0 Å². The monoisotopic (exact) mass is 304 g/mol. The van der Waals surface area contributed by atoms with E-state index < -0.39 is 0 Å². The smallest absolute Gasteiger partial charge is 0.0877 e. The van der Waals surface area contributed by atoms with Crippen molar-refractivity contribution in [3.8, 4) is 5.69 Å². The first-order valence-electron chi connectivity index (χ1n) is 7.40. The molecule has 2 unspecified atom stereocenters. The van der Waals surface area contributed by atoms with Crippen LogP contribution in [0.3, 0.4) is 0 Å². The first-order valence-corrected chi connectivity index (χ1v) is 7.77. The minimum absolute atomic E-state index is 0.476. The lowest BCUT2D eigenvalue weighted by molar-refractivity contribution is 0.190. The molecule has 2 heterocycles. The second-order valence-corrected chi connectivity index (χ2v) is 6.24. The van der Waals surface area contributed by atoms with Crippen molar-refractivity contribution < 1.29 is 0 Å². The van der Waals surface area contributed by atoms with Crippen LogP contribution in [0.15, 0.2) is 36.7 Å². The van der Waals surface area contributed by atoms with Gasteiger partial charge in [-0.2, -0.15) is 5.10 Å². The summed E-state index contributed by atoms with van der Waals surface area (Å²) < 4.78 is 1.87. The molecule has 21 heavy (non-hydrogen) atoms. The maximum atomic E-state index is 6.17. The zero-order valence-electron chi connectivity index (χ0n) is 12.5. The number of likely N-dealkylation sites (tertiary alicyclic amines) is 1. The van der Waals surface area contributed by atoms with E-state index in [4.69, 9.17) is 11.6 Å². The summed E-state index contributed by atoms with van der Waals surface area (Å²) in [5.74, 6) is 0. The van der Waals surface area contributed by atoms with E-state index in [1.807, 2.05) is 35.1 Å². The van der Waals surface area contributed by atoms with Crippen molar-refractivity contribution in [2.24, 2.45) is 0 Å². The molecule has 4 nitrogen and oxygen atoms in total. The average Bonchev–Trinajstić information content (AvgIpc) is 2.97. The molecule has 0 spiro atoms. The van der Waals surface area contributed by atoms with Crippen LogP contribution in [0, 0.1) is 0 Å². The Morgan fingerprint density at radius 2 is 2.24 bits per heavy atom. The third kappa shape index (κ3) is 3.22. The van der Waals surface area contributed by atoms with Crippen LogP contribution in [0.5, 0.6) is 0 Å². The maximum Gasteiger partial charge on any atom is 0.0877 e. The fourth-order valence-electron chi connectivity index (χ4n) is 2.88. The molecule has 1 N–H and O–H groups in total. The summed E-state index contributed by atoms with van der Waals surface area (Å²) in [6, 6.07) is 8.90. The molecule has 0 amide bonds. The molecule has 0 aliphatic carbocycles. The number of hydrogen-bond donors (Lipinski definition) is 1. The fourth-order valence-corrected chi connectivity index (χ4v) is 3.05. The van der Waals surface area contributed by atoms with Crippen LogP contribution in [0.2, 0.25) is 5.02 Å². The molecule has 1 aromatic heterocycles. The van der Waals surface area contributed by atoms with Crippen molar-refractivity contribution in [1.82, 2.24) is 14.7 Å². The lowest BCUT2D eigenvalue weighted by Gasteiger charge is -2.36. The van der Waals surface area contributed by atoms with Crippen LogP contribution in [0.1, 0.15) is 19.8 Å². The van der Waals surface area contributed by atoms with Crippen molar-refractivity contribution >= 4 is 17.3 Å². The SMILES string of the molecule is CC1CC(Nc2cc(Cl)ccc2-n2cccn2)CCN1C. The normalized spacial score (nSPS) is 23.2. The Morgan fingerprint density at radius 3 is 2.95 bits per heavy atom. The van der Waals surface area contributed by atoms with Crippen molar-refractivity contribution in [3.63, 3.8) is 0 Å². The molecule has 5 heteroatoms. The standard InChI is InChI=1S/C16H21ClN4/c1-12-10-14(6-9-20(12)2)19-15-11-13(17)4-5-16(15)21-8-3-7-18-21/h3-5,7-8,11-12,14,19H,6,9-10H2,1-2H3. The molecule has 0 radical (unpaired) electrons. The summed E-state index contributed by atoms with van der Waals surface area (Å²) >= 11 is 6.17. The predicted molar refractivity (Wildman–Crippen MR) is 87.3 cm³/mol. The summed E-state index contributed by atoms with van der Waals surface area (Å²) in [6.45, 7) is 3.40. The van der Waals surface area contributed by atoms with E-state index in [0.717, 1.165) is 35.8 Å². The van der Waals surface area contributed by atoms with E-state index in [0.29, 0.717) is 12.1 Å².